The number of hydrogen-bond acceptors (Lipinski definition) is 4. The van der Waals surface area contributed by atoms with Crippen molar-refractivity contribution in [3.8, 4) is 5.75 Å². The zero-order valence-electron chi connectivity index (χ0n) is 17.6. The first-order chi connectivity index (χ1) is 14.5. The van der Waals surface area contributed by atoms with Gasteiger partial charge in [0.1, 0.15) is 11.3 Å². The van der Waals surface area contributed by atoms with E-state index in [1.54, 1.807) is 23.1 Å². The van der Waals surface area contributed by atoms with E-state index < -0.39 is 6.04 Å². The number of carbonyl (C=O) groups is 1. The third kappa shape index (κ3) is 3.59. The summed E-state index contributed by atoms with van der Waals surface area (Å²) < 4.78 is 11.7. The second-order valence-electron chi connectivity index (χ2n) is 7.95. The van der Waals surface area contributed by atoms with Crippen LogP contribution in [0.1, 0.15) is 41.1 Å². The molecule has 30 heavy (non-hydrogen) atoms. The number of nitrogens with one attached hydrogen (secondary N) is 1. The second kappa shape index (κ2) is 8.32. The minimum absolute atomic E-state index is 0.148. The smallest absolute Gasteiger partial charge is 0.291 e. The normalized spacial score (nSPS) is 15.8. The Kier molecular flexibility index (Phi) is 5.59. The summed E-state index contributed by atoms with van der Waals surface area (Å²) >= 11 is 0. The van der Waals surface area contributed by atoms with Crippen molar-refractivity contribution in [1.82, 2.24) is 4.90 Å². The number of quaternary nitrogens is 1. The highest BCUT2D eigenvalue weighted by Gasteiger charge is 2.42. The Bertz CT molecular complexity index is 1140. The molecule has 0 aliphatic carbocycles. The van der Waals surface area contributed by atoms with Crippen LogP contribution in [0.2, 0.25) is 0 Å². The zero-order valence-corrected chi connectivity index (χ0v) is 17.6. The quantitative estimate of drug-likeness (QED) is 0.653. The van der Waals surface area contributed by atoms with Crippen LogP contribution in [-0.4, -0.2) is 44.6 Å². The number of likely N-dealkylation sites (N-methyl/N-ethyl adjacent to an activating group) is 1. The Morgan fingerprint density at radius 1 is 1.10 bits per heavy atom. The number of para-hydroxylation sites is 1. The van der Waals surface area contributed by atoms with Crippen molar-refractivity contribution >= 4 is 16.9 Å². The van der Waals surface area contributed by atoms with Gasteiger partial charge in [-0.1, -0.05) is 31.2 Å². The number of benzene rings is 2. The summed E-state index contributed by atoms with van der Waals surface area (Å²) in [6, 6.07) is 14.3. The van der Waals surface area contributed by atoms with E-state index in [2.05, 4.69) is 6.92 Å². The fraction of sp³-hybridized carbons (Fsp3) is 0.333. The minimum atomic E-state index is -0.488. The SMILES string of the molecule is CCCOc1cccc([C@@H]2c3c(oc4ccccc4c3=O)C(=O)N2CC[NH+](C)C)c1. The highest BCUT2D eigenvalue weighted by atomic mass is 16.5. The van der Waals surface area contributed by atoms with Crippen molar-refractivity contribution in [3.63, 3.8) is 0 Å². The molecule has 0 saturated carbocycles. The predicted octanol–water partition coefficient (Wildman–Crippen LogP) is 2.27. The lowest BCUT2D eigenvalue weighted by molar-refractivity contribution is -0.857. The lowest BCUT2D eigenvalue weighted by Gasteiger charge is -2.25. The van der Waals surface area contributed by atoms with E-state index in [1.165, 1.54) is 4.90 Å². The van der Waals surface area contributed by atoms with E-state index in [0.717, 1.165) is 24.3 Å². The molecule has 0 bridgehead atoms. The van der Waals surface area contributed by atoms with E-state index in [0.29, 0.717) is 29.7 Å². The Labute approximate surface area is 175 Å². The summed E-state index contributed by atoms with van der Waals surface area (Å²) in [6.07, 6.45) is 0.905. The first kappa shape index (κ1) is 20.2. The number of amides is 1. The Morgan fingerprint density at radius 2 is 1.90 bits per heavy atom. The lowest BCUT2D eigenvalue weighted by Crippen LogP contribution is -3.06. The summed E-state index contributed by atoms with van der Waals surface area (Å²) in [5.74, 6) is 0.648. The molecule has 0 fully saturated rings. The van der Waals surface area contributed by atoms with Gasteiger partial charge in [0.15, 0.2) is 5.43 Å². The minimum Gasteiger partial charge on any atom is -0.494 e. The van der Waals surface area contributed by atoms with Crippen molar-refractivity contribution in [2.45, 2.75) is 19.4 Å². The largest absolute Gasteiger partial charge is 0.494 e. The highest BCUT2D eigenvalue weighted by molar-refractivity contribution is 5.99. The van der Waals surface area contributed by atoms with Crippen LogP contribution >= 0.6 is 0 Å². The molecule has 0 spiro atoms. The molecule has 0 saturated heterocycles. The van der Waals surface area contributed by atoms with Crippen molar-refractivity contribution in [3.05, 3.63) is 75.6 Å². The lowest BCUT2D eigenvalue weighted by atomic mass is 9.98. The first-order valence-electron chi connectivity index (χ1n) is 10.4. The highest BCUT2D eigenvalue weighted by Crippen LogP contribution is 2.38. The maximum absolute atomic E-state index is 13.4. The molecule has 2 heterocycles. The van der Waals surface area contributed by atoms with Gasteiger partial charge in [-0.25, -0.2) is 0 Å². The van der Waals surface area contributed by atoms with Gasteiger partial charge in [-0.05, 0) is 36.2 Å². The topological polar surface area (TPSA) is 64.2 Å². The number of nitrogens with zero attached hydrogens (tertiary/aromatic N) is 1. The van der Waals surface area contributed by atoms with Crippen molar-refractivity contribution in [2.75, 3.05) is 33.8 Å². The van der Waals surface area contributed by atoms with Crippen molar-refractivity contribution in [2.24, 2.45) is 0 Å². The van der Waals surface area contributed by atoms with Crippen LogP contribution < -0.4 is 15.1 Å². The van der Waals surface area contributed by atoms with Gasteiger partial charge in [-0.2, -0.15) is 0 Å². The van der Waals surface area contributed by atoms with E-state index in [1.807, 2.05) is 44.4 Å². The van der Waals surface area contributed by atoms with E-state index >= 15 is 0 Å². The van der Waals surface area contributed by atoms with Gasteiger partial charge in [0.25, 0.3) is 5.91 Å². The van der Waals surface area contributed by atoms with E-state index in [4.69, 9.17) is 9.15 Å². The molecule has 3 aromatic rings. The van der Waals surface area contributed by atoms with Crippen LogP contribution in [0.5, 0.6) is 5.75 Å². The Hall–Kier alpha value is -3.12. The molecule has 0 unspecified atom stereocenters. The summed E-state index contributed by atoms with van der Waals surface area (Å²) in [5, 5.41) is 0.493. The molecule has 1 amide bonds. The predicted molar refractivity (Wildman–Crippen MR) is 115 cm³/mol. The van der Waals surface area contributed by atoms with Crippen LogP contribution in [0, 0.1) is 0 Å². The van der Waals surface area contributed by atoms with Crippen LogP contribution in [0.4, 0.5) is 0 Å². The number of carbonyl (C=O) groups excluding carboxylic acids is 1. The Balaban J connectivity index is 1.87. The number of fused-ring (bicyclic) bond motifs is 2. The summed E-state index contributed by atoms with van der Waals surface area (Å²) in [6.45, 7) is 3.95. The number of rotatable bonds is 7. The molecule has 0 radical (unpaired) electrons. The fourth-order valence-electron chi connectivity index (χ4n) is 3.88. The maximum Gasteiger partial charge on any atom is 0.291 e. The standard InChI is InChI=1S/C24H26N2O4/c1-4-14-29-17-9-7-8-16(15-17)21-20-22(27)18-10-5-6-11-19(18)30-23(20)24(28)26(21)13-12-25(2)3/h5-11,15,21H,4,12-14H2,1-3H3/p+1/t21-/m1/s1. The summed E-state index contributed by atoms with van der Waals surface area (Å²) in [4.78, 5) is 29.7. The molecule has 2 aromatic carbocycles. The molecular formula is C24H27N2O4+. The number of hydrogen-bond donors (Lipinski definition) is 1. The van der Waals surface area contributed by atoms with Gasteiger partial charge in [-0.15, -0.1) is 0 Å². The van der Waals surface area contributed by atoms with E-state index in [-0.39, 0.29) is 17.1 Å². The number of ether oxygens (including phenoxy) is 1. The molecule has 1 atom stereocenters. The van der Waals surface area contributed by atoms with Gasteiger partial charge in [0, 0.05) is 0 Å². The molecule has 1 N–H and O–H groups in total. The molecule has 6 nitrogen and oxygen atoms in total. The van der Waals surface area contributed by atoms with Gasteiger partial charge >= 0.3 is 0 Å². The summed E-state index contributed by atoms with van der Waals surface area (Å²) in [7, 11) is 4.08. The second-order valence-corrected chi connectivity index (χ2v) is 7.95. The van der Waals surface area contributed by atoms with Crippen LogP contribution in [-0.2, 0) is 0 Å². The third-order valence-corrected chi connectivity index (χ3v) is 5.37. The molecule has 1 aromatic heterocycles. The van der Waals surface area contributed by atoms with Gasteiger partial charge in [-0.3, -0.25) is 9.59 Å². The van der Waals surface area contributed by atoms with Crippen molar-refractivity contribution < 1.29 is 18.8 Å². The van der Waals surface area contributed by atoms with Crippen LogP contribution in [0.15, 0.2) is 57.7 Å². The van der Waals surface area contributed by atoms with Crippen LogP contribution in [0.3, 0.4) is 0 Å². The zero-order chi connectivity index (χ0) is 21.3. The third-order valence-electron chi connectivity index (χ3n) is 5.37. The fourth-order valence-corrected chi connectivity index (χ4v) is 3.88. The van der Waals surface area contributed by atoms with Gasteiger partial charge in [0.2, 0.25) is 5.76 Å². The molecule has 4 rings (SSSR count). The molecule has 1 aliphatic rings. The maximum atomic E-state index is 13.4. The van der Waals surface area contributed by atoms with Crippen LogP contribution in [0.25, 0.3) is 11.0 Å². The first-order valence-corrected chi connectivity index (χ1v) is 10.4. The summed E-state index contributed by atoms with van der Waals surface area (Å²) in [5.41, 5.74) is 1.56. The van der Waals surface area contributed by atoms with Crippen molar-refractivity contribution in [1.29, 1.82) is 0 Å². The average molecular weight is 407 g/mol. The van der Waals surface area contributed by atoms with E-state index in [9.17, 15) is 9.59 Å². The van der Waals surface area contributed by atoms with Gasteiger partial charge in [0.05, 0.1) is 50.8 Å². The van der Waals surface area contributed by atoms with Gasteiger partial charge < -0.3 is 19.0 Å². The molecule has 156 valence electrons. The molecule has 1 aliphatic heterocycles. The molecular weight excluding hydrogens is 380 g/mol. The monoisotopic (exact) mass is 407 g/mol. The molecule has 6 heteroatoms. The average Bonchev–Trinajstić information content (AvgIpc) is 3.03. The Morgan fingerprint density at radius 3 is 2.67 bits per heavy atom.